The number of aromatic nitrogens is 4. The zero-order valence-corrected chi connectivity index (χ0v) is 16.5. The summed E-state index contributed by atoms with van der Waals surface area (Å²) < 4.78 is 12.4. The van der Waals surface area contributed by atoms with Crippen LogP contribution in [0.4, 0.5) is 0 Å². The number of nitrogens with zero attached hydrogens (tertiary/aromatic N) is 4. The number of thioether (sulfide) groups is 1. The molecule has 0 saturated heterocycles. The molecule has 7 nitrogen and oxygen atoms in total. The van der Waals surface area contributed by atoms with Crippen LogP contribution in [0.5, 0.6) is 11.5 Å². The van der Waals surface area contributed by atoms with E-state index in [1.807, 2.05) is 78.9 Å². The summed E-state index contributed by atoms with van der Waals surface area (Å²) in [5, 5.41) is 12.1. The van der Waals surface area contributed by atoms with Gasteiger partial charge in [0, 0.05) is 11.6 Å². The van der Waals surface area contributed by atoms with Crippen LogP contribution in [0.3, 0.4) is 0 Å². The smallest absolute Gasteiger partial charge is 0.231 e. The minimum Gasteiger partial charge on any atom is -0.454 e. The number of tetrazole rings is 1. The van der Waals surface area contributed by atoms with Crippen molar-refractivity contribution in [2.24, 2.45) is 0 Å². The van der Waals surface area contributed by atoms with Crippen LogP contribution in [-0.4, -0.2) is 32.8 Å². The summed E-state index contributed by atoms with van der Waals surface area (Å²) in [6.07, 6.45) is 0. The zero-order valence-electron chi connectivity index (χ0n) is 15.7. The first-order valence-corrected chi connectivity index (χ1v) is 10.2. The molecule has 1 aliphatic heterocycles. The molecule has 0 bridgehead atoms. The second kappa shape index (κ2) is 8.00. The molecule has 0 spiro atoms. The van der Waals surface area contributed by atoms with Crippen molar-refractivity contribution in [1.29, 1.82) is 0 Å². The zero-order chi connectivity index (χ0) is 20.3. The lowest BCUT2D eigenvalue weighted by molar-refractivity contribution is 0.0989. The van der Waals surface area contributed by atoms with Crippen LogP contribution < -0.4 is 9.47 Å². The van der Waals surface area contributed by atoms with Gasteiger partial charge in [0.1, 0.15) is 5.25 Å². The Morgan fingerprint density at radius 2 is 1.67 bits per heavy atom. The Morgan fingerprint density at radius 1 is 0.933 bits per heavy atom. The highest BCUT2D eigenvalue weighted by Gasteiger charge is 2.26. The van der Waals surface area contributed by atoms with E-state index < -0.39 is 5.25 Å². The lowest BCUT2D eigenvalue weighted by atomic mass is 10.0. The van der Waals surface area contributed by atoms with Gasteiger partial charge in [-0.15, -0.1) is 5.10 Å². The van der Waals surface area contributed by atoms with Crippen LogP contribution in [-0.2, 0) is 0 Å². The average molecular weight is 416 g/mol. The lowest BCUT2D eigenvalue weighted by Crippen LogP contribution is -2.11. The largest absolute Gasteiger partial charge is 0.454 e. The second-order valence-electron chi connectivity index (χ2n) is 6.55. The van der Waals surface area contributed by atoms with Crippen molar-refractivity contribution in [3.63, 3.8) is 0 Å². The maximum absolute atomic E-state index is 13.3. The maximum atomic E-state index is 13.3. The molecule has 30 heavy (non-hydrogen) atoms. The average Bonchev–Trinajstić information content (AvgIpc) is 3.47. The van der Waals surface area contributed by atoms with E-state index in [9.17, 15) is 4.79 Å². The minimum absolute atomic E-state index is 0.00737. The quantitative estimate of drug-likeness (QED) is 0.346. The van der Waals surface area contributed by atoms with E-state index in [1.165, 1.54) is 11.8 Å². The Hall–Kier alpha value is -3.65. The lowest BCUT2D eigenvalue weighted by Gasteiger charge is -2.15. The molecule has 5 rings (SSSR count). The molecule has 0 saturated carbocycles. The molecule has 4 aromatic rings. The first-order valence-electron chi connectivity index (χ1n) is 9.29. The second-order valence-corrected chi connectivity index (χ2v) is 7.62. The Labute approximate surface area is 176 Å². The van der Waals surface area contributed by atoms with Gasteiger partial charge in [0.15, 0.2) is 17.3 Å². The van der Waals surface area contributed by atoms with Gasteiger partial charge in [0.25, 0.3) is 0 Å². The van der Waals surface area contributed by atoms with Crippen molar-refractivity contribution in [3.05, 3.63) is 90.0 Å². The summed E-state index contributed by atoms with van der Waals surface area (Å²) in [5.41, 5.74) is 2.25. The molecule has 0 amide bonds. The summed E-state index contributed by atoms with van der Waals surface area (Å²) in [7, 11) is 0. The fraction of sp³-hybridized carbons (Fsp3) is 0.0909. The van der Waals surface area contributed by atoms with Crippen LogP contribution in [0.2, 0.25) is 0 Å². The van der Waals surface area contributed by atoms with Gasteiger partial charge in [-0.25, -0.2) is 0 Å². The number of ketones is 1. The first kappa shape index (κ1) is 18.4. The van der Waals surface area contributed by atoms with Gasteiger partial charge in [-0.3, -0.25) is 4.79 Å². The number of carbonyl (C=O) groups is 1. The highest BCUT2D eigenvalue weighted by atomic mass is 32.2. The Kier molecular flexibility index (Phi) is 4.90. The number of carbonyl (C=O) groups excluding carboxylic acids is 1. The van der Waals surface area contributed by atoms with Crippen LogP contribution in [0.25, 0.3) is 5.69 Å². The van der Waals surface area contributed by atoms with Gasteiger partial charge < -0.3 is 9.47 Å². The maximum Gasteiger partial charge on any atom is 0.231 e. The number of ether oxygens (including phenoxy) is 2. The third-order valence-corrected chi connectivity index (χ3v) is 5.85. The van der Waals surface area contributed by atoms with E-state index in [2.05, 4.69) is 15.5 Å². The molecule has 8 heteroatoms. The summed E-state index contributed by atoms with van der Waals surface area (Å²) >= 11 is 1.31. The van der Waals surface area contributed by atoms with E-state index in [0.29, 0.717) is 22.2 Å². The van der Waals surface area contributed by atoms with Crippen molar-refractivity contribution in [3.8, 4) is 17.2 Å². The molecule has 1 atom stereocenters. The first-order chi connectivity index (χ1) is 14.8. The Morgan fingerprint density at radius 3 is 2.47 bits per heavy atom. The van der Waals surface area contributed by atoms with E-state index in [1.54, 1.807) is 4.68 Å². The van der Waals surface area contributed by atoms with Crippen molar-refractivity contribution < 1.29 is 14.3 Å². The molecule has 0 fully saturated rings. The van der Waals surface area contributed by atoms with E-state index in [4.69, 9.17) is 9.47 Å². The van der Waals surface area contributed by atoms with Gasteiger partial charge in [-0.2, -0.15) is 4.68 Å². The fourth-order valence-electron chi connectivity index (χ4n) is 3.19. The summed E-state index contributed by atoms with van der Waals surface area (Å²) in [4.78, 5) is 13.3. The minimum atomic E-state index is -0.493. The topological polar surface area (TPSA) is 79.1 Å². The number of fused-ring (bicyclic) bond motifs is 1. The van der Waals surface area contributed by atoms with E-state index in [-0.39, 0.29) is 12.6 Å². The van der Waals surface area contributed by atoms with Crippen LogP contribution in [0.15, 0.2) is 84.0 Å². The van der Waals surface area contributed by atoms with Crippen molar-refractivity contribution >= 4 is 17.5 Å². The van der Waals surface area contributed by atoms with E-state index >= 15 is 0 Å². The molecule has 1 aromatic heterocycles. The van der Waals surface area contributed by atoms with Crippen molar-refractivity contribution in [2.75, 3.05) is 6.79 Å². The number of hydrogen-bond acceptors (Lipinski definition) is 7. The van der Waals surface area contributed by atoms with Crippen molar-refractivity contribution in [2.45, 2.75) is 10.4 Å². The summed E-state index contributed by atoms with van der Waals surface area (Å²) in [6, 6.07) is 24.4. The molecular weight excluding hydrogens is 400 g/mol. The number of rotatable bonds is 6. The van der Waals surface area contributed by atoms with Gasteiger partial charge >= 0.3 is 0 Å². The molecule has 0 N–H and O–H groups in total. The van der Waals surface area contributed by atoms with Gasteiger partial charge in [0.2, 0.25) is 11.9 Å². The predicted octanol–water partition coefficient (Wildman–Crippen LogP) is 4.11. The van der Waals surface area contributed by atoms with Crippen LogP contribution in [0.1, 0.15) is 21.2 Å². The molecule has 3 aromatic carbocycles. The van der Waals surface area contributed by atoms with Crippen molar-refractivity contribution in [1.82, 2.24) is 20.2 Å². The van der Waals surface area contributed by atoms with Crippen LogP contribution >= 0.6 is 11.8 Å². The standard InChI is InChI=1S/C22H16N4O3S/c27-20(15-7-3-1-4-8-15)21(16-9-5-2-6-10-16)30-22-23-24-25-26(22)17-11-12-18-19(13-17)29-14-28-18/h1-13,21H,14H2. The monoisotopic (exact) mass is 416 g/mol. The third kappa shape index (κ3) is 3.53. The molecule has 148 valence electrons. The SMILES string of the molecule is O=C(c1ccccc1)C(Sc1nnnn1-c1ccc2c(c1)OCO2)c1ccccc1. The normalized spacial score (nSPS) is 13.2. The number of benzene rings is 3. The molecule has 2 heterocycles. The fourth-order valence-corrected chi connectivity index (χ4v) is 4.26. The predicted molar refractivity (Wildman–Crippen MR) is 111 cm³/mol. The highest BCUT2D eigenvalue weighted by molar-refractivity contribution is 8.00. The van der Waals surface area contributed by atoms with Gasteiger partial charge in [-0.1, -0.05) is 72.4 Å². The number of Topliss-reactive ketones (excluding diaryl/α,β-unsaturated/α-hetero) is 1. The molecule has 1 aliphatic rings. The van der Waals surface area contributed by atoms with E-state index in [0.717, 1.165) is 11.3 Å². The highest BCUT2D eigenvalue weighted by Crippen LogP contribution is 2.39. The summed E-state index contributed by atoms with van der Waals surface area (Å²) in [5.74, 6) is 1.31. The third-order valence-electron chi connectivity index (χ3n) is 4.66. The van der Waals surface area contributed by atoms with Gasteiger partial charge in [-0.05, 0) is 28.1 Å². The molecule has 1 unspecified atom stereocenters. The summed E-state index contributed by atoms with van der Waals surface area (Å²) in [6.45, 7) is 0.192. The Balaban J connectivity index is 1.51. The Bertz CT molecular complexity index is 1180. The number of hydrogen-bond donors (Lipinski definition) is 0. The molecule has 0 radical (unpaired) electrons. The molecule has 0 aliphatic carbocycles. The van der Waals surface area contributed by atoms with Crippen LogP contribution in [0, 0.1) is 0 Å². The van der Waals surface area contributed by atoms with Gasteiger partial charge in [0.05, 0.1) is 5.69 Å². The molecular formula is C22H16N4O3S.